The van der Waals surface area contributed by atoms with Crippen molar-refractivity contribution < 1.29 is 24.4 Å². The Morgan fingerprint density at radius 1 is 0.857 bits per heavy atom. The average molecular weight is 282 g/mol. The van der Waals surface area contributed by atoms with Crippen LogP contribution in [-0.2, 0) is 4.74 Å². The Morgan fingerprint density at radius 3 is 2.38 bits per heavy atom. The molecule has 2 aromatic rings. The van der Waals surface area contributed by atoms with Gasteiger partial charge < -0.3 is 24.4 Å². The van der Waals surface area contributed by atoms with E-state index in [-0.39, 0.29) is 17.5 Å². The molecule has 5 rings (SSSR count). The minimum atomic E-state index is -0.888. The number of epoxide rings is 1. The maximum absolute atomic E-state index is 8.96. The van der Waals surface area contributed by atoms with Gasteiger partial charge in [0.05, 0.1) is 0 Å². The lowest BCUT2D eigenvalue weighted by Gasteiger charge is -2.05. The van der Waals surface area contributed by atoms with E-state index in [1.165, 1.54) is 0 Å². The molecule has 0 aromatic heterocycles. The van der Waals surface area contributed by atoms with Crippen molar-refractivity contribution in [3.8, 4) is 22.6 Å². The van der Waals surface area contributed by atoms with Gasteiger partial charge in [0.15, 0.2) is 0 Å². The zero-order valence-corrected chi connectivity index (χ0v) is 10.7. The van der Waals surface area contributed by atoms with E-state index in [1.54, 1.807) is 12.1 Å². The van der Waals surface area contributed by atoms with Gasteiger partial charge >= 0.3 is 11.9 Å². The van der Waals surface area contributed by atoms with Crippen LogP contribution >= 0.6 is 0 Å². The smallest absolute Gasteiger partial charge is 0.339 e. The molecule has 2 aromatic carbocycles. The van der Waals surface area contributed by atoms with E-state index >= 15 is 0 Å². The van der Waals surface area contributed by atoms with E-state index in [1.807, 2.05) is 36.4 Å². The topological polar surface area (TPSA) is 71.5 Å². The van der Waals surface area contributed by atoms with Crippen molar-refractivity contribution >= 4 is 0 Å². The summed E-state index contributed by atoms with van der Waals surface area (Å²) in [6, 6.07) is 15.2. The summed E-state index contributed by atoms with van der Waals surface area (Å²) in [4.78, 5) is 0. The molecule has 1 saturated heterocycles. The van der Waals surface area contributed by atoms with E-state index in [0.717, 1.165) is 11.1 Å². The van der Waals surface area contributed by atoms with Crippen LogP contribution in [0.4, 0.5) is 0 Å². The third-order valence-corrected chi connectivity index (χ3v) is 3.21. The summed E-state index contributed by atoms with van der Waals surface area (Å²) in [6.07, 6.45) is 0. The highest BCUT2D eigenvalue weighted by atomic mass is 16.7. The van der Waals surface area contributed by atoms with Crippen molar-refractivity contribution in [1.29, 1.82) is 0 Å². The minimum absolute atomic E-state index is 0.0336. The van der Waals surface area contributed by atoms with Crippen molar-refractivity contribution in [2.75, 3.05) is 0 Å². The molecule has 5 nitrogen and oxygen atoms in total. The molecule has 0 spiro atoms. The van der Waals surface area contributed by atoms with E-state index in [0.29, 0.717) is 11.5 Å². The second-order valence-electron chi connectivity index (χ2n) is 4.60. The van der Waals surface area contributed by atoms with Gasteiger partial charge in [-0.2, -0.15) is 0 Å². The molecular weight excluding hydrogens is 272 g/mol. The molecule has 1 fully saturated rings. The summed E-state index contributed by atoms with van der Waals surface area (Å²) in [6.45, 7) is 0. The maximum Gasteiger partial charge on any atom is 0.339 e. The molecule has 3 aliphatic rings. The summed E-state index contributed by atoms with van der Waals surface area (Å²) in [5, 5.41) is 17.9. The van der Waals surface area contributed by atoms with Crippen LogP contribution < -0.4 is 9.47 Å². The zero-order chi connectivity index (χ0) is 14.4. The summed E-state index contributed by atoms with van der Waals surface area (Å²) < 4.78 is 16.2. The summed E-state index contributed by atoms with van der Waals surface area (Å²) in [7, 11) is 0. The first-order valence-electron chi connectivity index (χ1n) is 6.32. The largest absolute Gasteiger partial charge is 0.478 e. The highest BCUT2D eigenvalue weighted by Crippen LogP contribution is 2.43. The Labute approximate surface area is 119 Å². The monoisotopic (exact) mass is 282 g/mol. The van der Waals surface area contributed by atoms with E-state index in [9.17, 15) is 0 Å². The first-order valence-corrected chi connectivity index (χ1v) is 6.32. The SMILES string of the molecule is OC(O)=C1O/C1=C1/Oc2ccc(c(-c3ccccc3)c2)O1. The number of aliphatic hydroxyl groups is 2. The van der Waals surface area contributed by atoms with Crippen LogP contribution in [0.5, 0.6) is 11.5 Å². The molecule has 3 aliphatic heterocycles. The van der Waals surface area contributed by atoms with Crippen LogP contribution in [-0.4, -0.2) is 10.2 Å². The molecule has 0 saturated carbocycles. The standard InChI is InChI=1S/C16H10O5/c17-15(18)13-14(21-13)16-19-10-6-7-12(20-16)11(8-10)9-4-2-1-3-5-9/h1-8,17-18H/b16-14-. The van der Waals surface area contributed by atoms with Gasteiger partial charge in [0, 0.05) is 5.56 Å². The fraction of sp³-hybridized carbons (Fsp3) is 0. The second kappa shape index (κ2) is 4.21. The molecule has 104 valence electrons. The summed E-state index contributed by atoms with van der Waals surface area (Å²) in [5.41, 5.74) is 1.89. The highest BCUT2D eigenvalue weighted by molar-refractivity contribution is 5.73. The molecule has 2 bridgehead atoms. The Balaban J connectivity index is 1.79. The average Bonchev–Trinajstić information content (AvgIpc) is 3.31. The molecule has 0 amide bonds. The third-order valence-electron chi connectivity index (χ3n) is 3.21. The van der Waals surface area contributed by atoms with Crippen LogP contribution in [0.25, 0.3) is 11.1 Å². The molecule has 2 N–H and O–H groups in total. The fourth-order valence-electron chi connectivity index (χ4n) is 2.18. The van der Waals surface area contributed by atoms with E-state index in [2.05, 4.69) is 0 Å². The molecule has 0 atom stereocenters. The van der Waals surface area contributed by atoms with Crippen molar-refractivity contribution in [3.05, 3.63) is 71.9 Å². The third kappa shape index (κ3) is 1.95. The first kappa shape index (κ1) is 11.7. The number of rotatable bonds is 1. The van der Waals surface area contributed by atoms with Gasteiger partial charge in [0.25, 0.3) is 11.5 Å². The van der Waals surface area contributed by atoms with Gasteiger partial charge in [0.2, 0.25) is 0 Å². The molecular formula is C16H10O5. The quantitative estimate of drug-likeness (QED) is 0.617. The lowest BCUT2D eigenvalue weighted by atomic mass is 10.0. The maximum atomic E-state index is 8.96. The zero-order valence-electron chi connectivity index (χ0n) is 10.7. The lowest BCUT2D eigenvalue weighted by molar-refractivity contribution is 0.181. The van der Waals surface area contributed by atoms with E-state index in [4.69, 9.17) is 24.4 Å². The summed E-state index contributed by atoms with van der Waals surface area (Å²) in [5.74, 6) is 0.565. The second-order valence-corrected chi connectivity index (χ2v) is 4.60. The van der Waals surface area contributed by atoms with Gasteiger partial charge in [0.1, 0.15) is 11.5 Å². The van der Waals surface area contributed by atoms with Gasteiger partial charge in [-0.25, -0.2) is 0 Å². The molecule has 5 heteroatoms. The fourth-order valence-corrected chi connectivity index (χ4v) is 2.18. The van der Waals surface area contributed by atoms with Crippen LogP contribution in [0, 0.1) is 0 Å². The Bertz CT molecular complexity index is 786. The van der Waals surface area contributed by atoms with Crippen molar-refractivity contribution in [2.24, 2.45) is 0 Å². The molecule has 0 unspecified atom stereocenters. The number of benzene rings is 2. The molecule has 0 radical (unpaired) electrons. The molecule has 21 heavy (non-hydrogen) atoms. The summed E-state index contributed by atoms with van der Waals surface area (Å²) >= 11 is 0. The van der Waals surface area contributed by atoms with Crippen molar-refractivity contribution in [3.63, 3.8) is 0 Å². The number of hydrogen-bond acceptors (Lipinski definition) is 5. The van der Waals surface area contributed by atoms with E-state index < -0.39 is 5.95 Å². The molecule has 0 aliphatic carbocycles. The van der Waals surface area contributed by atoms with Crippen molar-refractivity contribution in [1.82, 2.24) is 0 Å². The number of aliphatic hydroxyl groups excluding tert-OH is 1. The predicted octanol–water partition coefficient (Wildman–Crippen LogP) is 3.61. The van der Waals surface area contributed by atoms with Crippen molar-refractivity contribution in [2.45, 2.75) is 0 Å². The normalized spacial score (nSPS) is 18.4. The first-order chi connectivity index (χ1) is 10.2. The van der Waals surface area contributed by atoms with Gasteiger partial charge in [-0.15, -0.1) is 0 Å². The molecule has 3 heterocycles. The predicted molar refractivity (Wildman–Crippen MR) is 73.5 cm³/mol. The number of hydrogen-bond donors (Lipinski definition) is 2. The van der Waals surface area contributed by atoms with Crippen LogP contribution in [0.2, 0.25) is 0 Å². The Morgan fingerprint density at radius 2 is 1.67 bits per heavy atom. The van der Waals surface area contributed by atoms with Gasteiger partial charge in [-0.1, -0.05) is 30.3 Å². The van der Waals surface area contributed by atoms with Gasteiger partial charge in [-0.3, -0.25) is 0 Å². The van der Waals surface area contributed by atoms with Crippen LogP contribution in [0.15, 0.2) is 71.9 Å². The van der Waals surface area contributed by atoms with Crippen LogP contribution in [0.1, 0.15) is 0 Å². The number of ether oxygens (including phenoxy) is 3. The minimum Gasteiger partial charge on any atom is -0.478 e. The highest BCUT2D eigenvalue weighted by Gasteiger charge is 2.39. The Hall–Kier alpha value is -3.08. The lowest BCUT2D eigenvalue weighted by Crippen LogP contribution is -2.00. The van der Waals surface area contributed by atoms with Crippen LogP contribution in [0.3, 0.4) is 0 Å². The van der Waals surface area contributed by atoms with Gasteiger partial charge in [-0.05, 0) is 23.8 Å². The number of fused-ring (bicyclic) bond motifs is 4. The Kier molecular flexibility index (Phi) is 2.35.